The first-order chi connectivity index (χ1) is 23.6. The van der Waals surface area contributed by atoms with Crippen molar-refractivity contribution in [3.63, 3.8) is 0 Å². The Morgan fingerprint density at radius 3 is 1.42 bits per heavy atom. The molecule has 284 valence electrons. The number of nitrogens with one attached hydrogen (secondary N) is 4. The zero-order valence-electron chi connectivity index (χ0n) is 28.3. The number of carboxylic acid groups (broad SMARTS) is 4. The maximum Gasteiger partial charge on any atom is 0.317 e. The van der Waals surface area contributed by atoms with Crippen LogP contribution in [0.4, 0.5) is 0 Å². The highest BCUT2D eigenvalue weighted by Crippen LogP contribution is 2.04. The average Bonchev–Trinajstić information content (AvgIpc) is 3.00. The number of carbonyl (C=O) groups excluding carboxylic acids is 4. The second-order valence-electron chi connectivity index (χ2n) is 11.8. The van der Waals surface area contributed by atoms with Crippen molar-refractivity contribution < 1.29 is 58.8 Å². The molecule has 50 heavy (non-hydrogen) atoms. The number of carbonyl (C=O) groups is 8. The van der Waals surface area contributed by atoms with E-state index in [-0.39, 0.29) is 104 Å². The van der Waals surface area contributed by atoms with Crippen LogP contribution in [0.5, 0.6) is 0 Å². The van der Waals surface area contributed by atoms with Crippen LogP contribution in [0.1, 0.15) is 25.7 Å². The molecular weight excluding hydrogens is 666 g/mol. The maximum atomic E-state index is 12.9. The van der Waals surface area contributed by atoms with Gasteiger partial charge >= 0.3 is 23.9 Å². The van der Waals surface area contributed by atoms with E-state index in [4.69, 9.17) is 10.8 Å². The predicted octanol–water partition coefficient (Wildman–Crippen LogP) is -5.10. The Hall–Kier alpha value is -4.44. The molecule has 1 aliphatic heterocycles. The summed E-state index contributed by atoms with van der Waals surface area (Å²) in [7, 11) is 1.49. The van der Waals surface area contributed by atoms with Crippen LogP contribution >= 0.6 is 0 Å². The lowest BCUT2D eigenvalue weighted by atomic mass is 10.1. The van der Waals surface area contributed by atoms with Gasteiger partial charge in [-0.15, -0.1) is 0 Å². The van der Waals surface area contributed by atoms with E-state index in [1.807, 2.05) is 0 Å². The number of primary amides is 1. The van der Waals surface area contributed by atoms with Crippen molar-refractivity contribution in [1.82, 2.24) is 40.9 Å². The minimum atomic E-state index is -1.43. The first-order valence-electron chi connectivity index (χ1n) is 16.2. The molecule has 1 aliphatic rings. The first kappa shape index (κ1) is 43.6. The molecule has 21 heteroatoms. The molecule has 0 radical (unpaired) electrons. The standard InChI is InChI=1S/C29H51N9O12/c1-31-15-22(39)33-21(14-24(41)42)29(50)34-20(28(30)49)4-2-3-5-32-23(40)16-35-6-8-36(17-25(43)44)10-12-38(19-27(47)48)13-11-37(9-7-35)18-26(45)46/h20-21,31H,2-19H2,1H3,(H2,30,49)(H,32,40)(H,33,39)(H,34,50)(H,41,42)(H,43,44)(H,45,46)(H,47,48)/t20-,21-/m0/s1. The Kier molecular flexibility index (Phi) is 20.8. The van der Waals surface area contributed by atoms with Gasteiger partial charge in [-0.2, -0.15) is 0 Å². The van der Waals surface area contributed by atoms with Crippen LogP contribution in [0, 0.1) is 0 Å². The Morgan fingerprint density at radius 2 is 1.04 bits per heavy atom. The summed E-state index contributed by atoms with van der Waals surface area (Å²) in [5.41, 5.74) is 5.42. The van der Waals surface area contributed by atoms with E-state index in [0.29, 0.717) is 12.8 Å². The van der Waals surface area contributed by atoms with Crippen LogP contribution in [-0.2, 0) is 38.4 Å². The molecule has 1 rings (SSSR count). The number of nitrogens with two attached hydrogens (primary N) is 1. The lowest BCUT2D eigenvalue weighted by Crippen LogP contribution is -2.54. The molecule has 0 spiro atoms. The number of carboxylic acids is 4. The molecule has 2 atom stereocenters. The molecule has 0 aromatic carbocycles. The molecule has 10 N–H and O–H groups in total. The summed E-state index contributed by atoms with van der Waals surface area (Å²) >= 11 is 0. The number of hydrogen-bond donors (Lipinski definition) is 9. The summed E-state index contributed by atoms with van der Waals surface area (Å²) in [4.78, 5) is 102. The number of hydrogen-bond acceptors (Lipinski definition) is 13. The molecule has 0 aromatic heterocycles. The molecule has 1 saturated heterocycles. The van der Waals surface area contributed by atoms with Gasteiger partial charge in [0.05, 0.1) is 39.1 Å². The second kappa shape index (κ2) is 23.8. The van der Waals surface area contributed by atoms with Crippen LogP contribution in [0.2, 0.25) is 0 Å². The van der Waals surface area contributed by atoms with Crippen molar-refractivity contribution in [1.29, 1.82) is 0 Å². The fraction of sp³-hybridized carbons (Fsp3) is 0.724. The molecule has 1 heterocycles. The molecule has 1 fully saturated rings. The summed E-state index contributed by atoms with van der Waals surface area (Å²) in [6.45, 7) is 1.16. The SMILES string of the molecule is CNCC(=O)N[C@@H](CC(=O)O)C(=O)N[C@@H](CCCCNC(=O)CN1CCN(CC(=O)O)CCN(CC(=O)O)CCN(CC(=O)O)CC1)C(N)=O. The summed E-state index contributed by atoms with van der Waals surface area (Å²) in [6.07, 6.45) is 0.0850. The first-order valence-corrected chi connectivity index (χ1v) is 16.2. The monoisotopic (exact) mass is 717 g/mol. The van der Waals surface area contributed by atoms with Crippen LogP contribution in [-0.4, -0.2) is 198 Å². The average molecular weight is 718 g/mol. The Morgan fingerprint density at radius 1 is 0.600 bits per heavy atom. The van der Waals surface area contributed by atoms with Crippen molar-refractivity contribution in [3.8, 4) is 0 Å². The molecule has 0 unspecified atom stereocenters. The summed E-state index contributed by atoms with van der Waals surface area (Å²) < 4.78 is 0. The number of unbranched alkanes of at least 4 members (excludes halogenated alkanes) is 1. The zero-order valence-corrected chi connectivity index (χ0v) is 28.3. The third kappa shape index (κ3) is 20.2. The molecule has 0 aromatic rings. The van der Waals surface area contributed by atoms with E-state index in [1.54, 1.807) is 19.6 Å². The van der Waals surface area contributed by atoms with E-state index >= 15 is 0 Å². The van der Waals surface area contributed by atoms with Crippen molar-refractivity contribution >= 4 is 47.5 Å². The van der Waals surface area contributed by atoms with Gasteiger partial charge in [-0.25, -0.2) is 0 Å². The number of aliphatic carboxylic acids is 4. The van der Waals surface area contributed by atoms with Gasteiger partial charge in [0.25, 0.3) is 0 Å². The van der Waals surface area contributed by atoms with Crippen molar-refractivity contribution in [2.24, 2.45) is 5.73 Å². The van der Waals surface area contributed by atoms with E-state index in [0.717, 1.165) is 0 Å². The predicted molar refractivity (Wildman–Crippen MR) is 175 cm³/mol. The molecule has 21 nitrogen and oxygen atoms in total. The lowest BCUT2D eigenvalue weighted by Gasteiger charge is -2.32. The van der Waals surface area contributed by atoms with Gasteiger partial charge in [-0.3, -0.25) is 58.0 Å². The molecule has 0 bridgehead atoms. The van der Waals surface area contributed by atoms with Crippen LogP contribution in [0.3, 0.4) is 0 Å². The van der Waals surface area contributed by atoms with Gasteiger partial charge in [-0.05, 0) is 26.3 Å². The van der Waals surface area contributed by atoms with Gasteiger partial charge in [-0.1, -0.05) is 0 Å². The summed E-state index contributed by atoms with van der Waals surface area (Å²) in [5.74, 6) is -7.24. The second-order valence-corrected chi connectivity index (χ2v) is 11.8. The summed E-state index contributed by atoms with van der Waals surface area (Å²) in [5, 5.41) is 47.1. The minimum absolute atomic E-state index is 0.0723. The normalized spacial score (nSPS) is 16.9. The lowest BCUT2D eigenvalue weighted by molar-refractivity contribution is -0.141. The fourth-order valence-electron chi connectivity index (χ4n) is 5.09. The molecule has 0 saturated carbocycles. The smallest absolute Gasteiger partial charge is 0.317 e. The van der Waals surface area contributed by atoms with E-state index in [1.165, 1.54) is 7.05 Å². The van der Waals surface area contributed by atoms with Gasteiger partial charge < -0.3 is 47.4 Å². The van der Waals surface area contributed by atoms with Gasteiger partial charge in [0.15, 0.2) is 0 Å². The Balaban J connectivity index is 2.76. The highest BCUT2D eigenvalue weighted by molar-refractivity contribution is 5.94. The van der Waals surface area contributed by atoms with E-state index in [2.05, 4.69) is 21.3 Å². The van der Waals surface area contributed by atoms with Crippen LogP contribution in [0.25, 0.3) is 0 Å². The summed E-state index contributed by atoms with van der Waals surface area (Å²) in [6, 6.07) is -2.59. The minimum Gasteiger partial charge on any atom is -0.481 e. The molecule has 4 amide bonds. The zero-order chi connectivity index (χ0) is 37.6. The number of rotatable bonds is 21. The van der Waals surface area contributed by atoms with Gasteiger partial charge in [0, 0.05) is 58.9 Å². The van der Waals surface area contributed by atoms with Crippen molar-refractivity contribution in [3.05, 3.63) is 0 Å². The third-order valence-corrected chi connectivity index (χ3v) is 7.64. The fourth-order valence-corrected chi connectivity index (χ4v) is 5.09. The number of nitrogens with zero attached hydrogens (tertiary/aromatic N) is 4. The number of amides is 4. The van der Waals surface area contributed by atoms with E-state index < -0.39 is 60.1 Å². The third-order valence-electron chi connectivity index (χ3n) is 7.64. The quantitative estimate of drug-likeness (QED) is 0.0502. The maximum absolute atomic E-state index is 12.9. The molecular formula is C29H51N9O12. The highest BCUT2D eigenvalue weighted by Gasteiger charge is 2.27. The van der Waals surface area contributed by atoms with Crippen molar-refractivity contribution in [2.45, 2.75) is 37.8 Å². The van der Waals surface area contributed by atoms with E-state index in [9.17, 15) is 53.7 Å². The van der Waals surface area contributed by atoms with Gasteiger partial charge in [0.1, 0.15) is 12.1 Å². The topological polar surface area (TPSA) is 305 Å². The van der Waals surface area contributed by atoms with Crippen LogP contribution < -0.4 is 27.0 Å². The van der Waals surface area contributed by atoms with Crippen LogP contribution in [0.15, 0.2) is 0 Å². The molecule has 0 aliphatic carbocycles. The Bertz CT molecular complexity index is 1140. The largest absolute Gasteiger partial charge is 0.481 e. The highest BCUT2D eigenvalue weighted by atomic mass is 16.4. The Labute approximate surface area is 289 Å². The van der Waals surface area contributed by atoms with Gasteiger partial charge in [0.2, 0.25) is 23.6 Å². The number of likely N-dealkylation sites (N-methyl/N-ethyl adjacent to an activating group) is 1. The van der Waals surface area contributed by atoms with Crippen molar-refractivity contribution in [2.75, 3.05) is 98.7 Å².